The van der Waals surface area contributed by atoms with Gasteiger partial charge in [-0.3, -0.25) is 14.5 Å². The molecule has 1 unspecified atom stereocenters. The average Bonchev–Trinajstić information content (AvgIpc) is 3.64. The Morgan fingerprint density at radius 1 is 1.03 bits per heavy atom. The number of carbonyl (C=O) groups excluding carboxylic acids is 2. The Labute approximate surface area is 192 Å². The van der Waals surface area contributed by atoms with E-state index in [0.29, 0.717) is 32.1 Å². The Hall–Kier alpha value is -3.00. The quantitative estimate of drug-likeness (QED) is 0.658. The molecule has 2 aromatic carbocycles. The number of benzene rings is 2. The number of ether oxygens (including phenoxy) is 1. The molecule has 2 amide bonds. The lowest BCUT2D eigenvalue weighted by atomic mass is 10.0. The van der Waals surface area contributed by atoms with Crippen LogP contribution in [0.25, 0.3) is 0 Å². The summed E-state index contributed by atoms with van der Waals surface area (Å²) in [5.41, 5.74) is 2.45. The monoisotopic (exact) mass is 457 g/mol. The highest BCUT2D eigenvalue weighted by Crippen LogP contribution is 2.41. The molecular weight excluding hydrogens is 428 g/mol. The van der Waals surface area contributed by atoms with E-state index in [4.69, 9.17) is 0 Å². The smallest absolute Gasteiger partial charge is 0.387 e. The van der Waals surface area contributed by atoms with Crippen LogP contribution in [0.15, 0.2) is 48.5 Å². The number of hydrogen-bond donors (Lipinski definition) is 1. The fourth-order valence-corrected chi connectivity index (χ4v) is 4.22. The van der Waals surface area contributed by atoms with Gasteiger partial charge in [0.15, 0.2) is 0 Å². The third-order valence-corrected chi connectivity index (χ3v) is 6.21. The van der Waals surface area contributed by atoms with Crippen LogP contribution in [-0.4, -0.2) is 60.9 Å². The van der Waals surface area contributed by atoms with E-state index in [2.05, 4.69) is 34.3 Å². The molecule has 2 aliphatic rings. The normalized spacial score (nSPS) is 17.6. The van der Waals surface area contributed by atoms with Crippen molar-refractivity contribution < 1.29 is 23.1 Å². The van der Waals surface area contributed by atoms with E-state index < -0.39 is 6.61 Å². The maximum atomic E-state index is 12.8. The largest absolute Gasteiger partial charge is 0.434 e. The van der Waals surface area contributed by atoms with Gasteiger partial charge in [0.1, 0.15) is 5.75 Å². The second-order valence-electron chi connectivity index (χ2n) is 8.74. The SMILES string of the molecule is Cc1ccc(C(NC(=O)CN2CCN(C(=O)c3ccccc3OC(F)F)CC2)C2CC2)cc1. The van der Waals surface area contributed by atoms with Gasteiger partial charge in [0, 0.05) is 26.2 Å². The van der Waals surface area contributed by atoms with Crippen LogP contribution in [-0.2, 0) is 4.79 Å². The maximum Gasteiger partial charge on any atom is 0.387 e. The molecule has 1 saturated carbocycles. The fourth-order valence-electron chi connectivity index (χ4n) is 4.22. The summed E-state index contributed by atoms with van der Waals surface area (Å²) in [6, 6.07) is 14.4. The molecule has 2 fully saturated rings. The third kappa shape index (κ3) is 6.07. The molecule has 1 atom stereocenters. The van der Waals surface area contributed by atoms with Gasteiger partial charge in [0.2, 0.25) is 5.91 Å². The molecule has 0 spiro atoms. The van der Waals surface area contributed by atoms with Crippen LogP contribution in [0.4, 0.5) is 8.78 Å². The van der Waals surface area contributed by atoms with Crippen LogP contribution >= 0.6 is 0 Å². The first-order chi connectivity index (χ1) is 15.9. The standard InChI is InChI=1S/C25H29F2N3O3/c1-17-6-8-18(9-7-17)23(19-10-11-19)28-22(31)16-29-12-14-30(15-13-29)24(32)20-4-2-3-5-21(20)33-25(26)27/h2-9,19,23,25H,10-16H2,1H3,(H,28,31). The van der Waals surface area contributed by atoms with Gasteiger partial charge in [-0.25, -0.2) is 0 Å². The van der Waals surface area contributed by atoms with E-state index in [1.54, 1.807) is 17.0 Å². The van der Waals surface area contributed by atoms with E-state index in [1.807, 2.05) is 11.8 Å². The van der Waals surface area contributed by atoms with Crippen molar-refractivity contribution in [2.24, 2.45) is 5.92 Å². The highest BCUT2D eigenvalue weighted by Gasteiger charge is 2.34. The minimum atomic E-state index is -2.99. The van der Waals surface area contributed by atoms with Crippen molar-refractivity contribution in [1.29, 1.82) is 0 Å². The predicted molar refractivity (Wildman–Crippen MR) is 120 cm³/mol. The predicted octanol–water partition coefficient (Wildman–Crippen LogP) is 3.62. The minimum Gasteiger partial charge on any atom is -0.434 e. The van der Waals surface area contributed by atoms with Crippen LogP contribution < -0.4 is 10.1 Å². The number of piperazine rings is 1. The number of nitrogens with one attached hydrogen (secondary N) is 1. The van der Waals surface area contributed by atoms with Crippen LogP contribution in [0.5, 0.6) is 5.75 Å². The number of rotatable bonds is 8. The van der Waals surface area contributed by atoms with Crippen molar-refractivity contribution in [3.8, 4) is 5.75 Å². The Balaban J connectivity index is 1.30. The molecule has 176 valence electrons. The van der Waals surface area contributed by atoms with E-state index in [9.17, 15) is 18.4 Å². The lowest BCUT2D eigenvalue weighted by Gasteiger charge is -2.35. The number of nitrogens with zero attached hydrogens (tertiary/aromatic N) is 2. The molecule has 4 rings (SSSR count). The molecule has 1 aliphatic carbocycles. The number of hydrogen-bond acceptors (Lipinski definition) is 4. The first kappa shape index (κ1) is 23.2. The van der Waals surface area contributed by atoms with Crippen molar-refractivity contribution in [2.75, 3.05) is 32.7 Å². The summed E-state index contributed by atoms with van der Waals surface area (Å²) in [4.78, 5) is 29.2. The van der Waals surface area contributed by atoms with Gasteiger partial charge in [0.05, 0.1) is 18.2 Å². The highest BCUT2D eigenvalue weighted by molar-refractivity contribution is 5.97. The number of para-hydroxylation sites is 1. The molecule has 1 saturated heterocycles. The van der Waals surface area contributed by atoms with Gasteiger partial charge >= 0.3 is 6.61 Å². The lowest BCUT2D eigenvalue weighted by Crippen LogP contribution is -2.51. The molecule has 2 aromatic rings. The van der Waals surface area contributed by atoms with Gasteiger partial charge in [0.25, 0.3) is 5.91 Å². The van der Waals surface area contributed by atoms with E-state index in [1.165, 1.54) is 17.7 Å². The Morgan fingerprint density at radius 2 is 1.70 bits per heavy atom. The zero-order valence-corrected chi connectivity index (χ0v) is 18.7. The van der Waals surface area contributed by atoms with E-state index in [0.717, 1.165) is 18.4 Å². The summed E-state index contributed by atoms with van der Waals surface area (Å²) >= 11 is 0. The Kier molecular flexibility index (Phi) is 7.23. The van der Waals surface area contributed by atoms with Crippen molar-refractivity contribution in [3.63, 3.8) is 0 Å². The highest BCUT2D eigenvalue weighted by atomic mass is 19.3. The summed E-state index contributed by atoms with van der Waals surface area (Å²) in [5, 5.41) is 3.20. The van der Waals surface area contributed by atoms with E-state index >= 15 is 0 Å². The van der Waals surface area contributed by atoms with Crippen molar-refractivity contribution in [1.82, 2.24) is 15.1 Å². The topological polar surface area (TPSA) is 61.9 Å². The summed E-state index contributed by atoms with van der Waals surface area (Å²) in [6.45, 7) is 1.23. The first-order valence-corrected chi connectivity index (χ1v) is 11.3. The summed E-state index contributed by atoms with van der Waals surface area (Å²) < 4.78 is 29.8. The molecule has 1 aliphatic heterocycles. The van der Waals surface area contributed by atoms with Crippen LogP contribution in [0, 0.1) is 12.8 Å². The zero-order chi connectivity index (χ0) is 23.4. The lowest BCUT2D eigenvalue weighted by molar-refractivity contribution is -0.123. The maximum absolute atomic E-state index is 12.8. The van der Waals surface area contributed by atoms with Crippen LogP contribution in [0.3, 0.4) is 0 Å². The number of carbonyl (C=O) groups is 2. The van der Waals surface area contributed by atoms with Gasteiger partial charge < -0.3 is 15.0 Å². The zero-order valence-electron chi connectivity index (χ0n) is 18.7. The van der Waals surface area contributed by atoms with Gasteiger partial charge in [-0.05, 0) is 43.4 Å². The van der Waals surface area contributed by atoms with Crippen LogP contribution in [0.1, 0.15) is 40.4 Å². The Morgan fingerprint density at radius 3 is 2.33 bits per heavy atom. The second kappa shape index (κ2) is 10.3. The minimum absolute atomic E-state index is 0.0251. The van der Waals surface area contributed by atoms with Crippen molar-refractivity contribution in [2.45, 2.75) is 32.4 Å². The van der Waals surface area contributed by atoms with Crippen LogP contribution in [0.2, 0.25) is 0 Å². The van der Waals surface area contributed by atoms with Gasteiger partial charge in [-0.1, -0.05) is 42.0 Å². The molecule has 8 heteroatoms. The molecule has 1 heterocycles. The average molecular weight is 458 g/mol. The number of amides is 2. The van der Waals surface area contributed by atoms with Gasteiger partial charge in [-0.2, -0.15) is 8.78 Å². The van der Waals surface area contributed by atoms with Crippen molar-refractivity contribution in [3.05, 3.63) is 65.2 Å². The molecule has 6 nitrogen and oxygen atoms in total. The number of halogens is 2. The van der Waals surface area contributed by atoms with Gasteiger partial charge in [-0.15, -0.1) is 0 Å². The molecule has 0 bridgehead atoms. The first-order valence-electron chi connectivity index (χ1n) is 11.3. The summed E-state index contributed by atoms with van der Waals surface area (Å²) in [5.74, 6) is -0.00497. The molecule has 0 radical (unpaired) electrons. The molecular formula is C25H29F2N3O3. The van der Waals surface area contributed by atoms with Crippen molar-refractivity contribution >= 4 is 11.8 Å². The Bertz CT molecular complexity index is 971. The molecule has 1 N–H and O–H groups in total. The number of aryl methyl sites for hydroxylation is 1. The molecule has 0 aromatic heterocycles. The molecule has 33 heavy (non-hydrogen) atoms. The third-order valence-electron chi connectivity index (χ3n) is 6.21. The summed E-state index contributed by atoms with van der Waals surface area (Å²) in [6.07, 6.45) is 2.24. The number of alkyl halides is 2. The fraction of sp³-hybridized carbons (Fsp3) is 0.440. The van der Waals surface area contributed by atoms with E-state index in [-0.39, 0.29) is 35.7 Å². The second-order valence-corrected chi connectivity index (χ2v) is 8.74. The summed E-state index contributed by atoms with van der Waals surface area (Å²) in [7, 11) is 0.